The molecule has 1 fully saturated rings. The molecule has 1 aliphatic rings. The predicted molar refractivity (Wildman–Crippen MR) is 102 cm³/mol. The second-order valence-electron chi connectivity index (χ2n) is 6.04. The summed E-state index contributed by atoms with van der Waals surface area (Å²) in [5.41, 5.74) is 2.79. The first kappa shape index (κ1) is 19.8. The topological polar surface area (TPSA) is 105 Å². The molecule has 0 aromatic carbocycles. The van der Waals surface area contributed by atoms with Gasteiger partial charge in [-0.1, -0.05) is 27.2 Å². The molecule has 0 bridgehead atoms. The van der Waals surface area contributed by atoms with E-state index in [0.29, 0.717) is 17.9 Å². The molecular formula is C18H30N6O2. The number of rotatable bonds is 3. The number of fused-ring (bicyclic) bond motifs is 3. The number of hydrogen-bond acceptors (Lipinski definition) is 6. The fourth-order valence-corrected chi connectivity index (χ4v) is 3.77. The van der Waals surface area contributed by atoms with Crippen LogP contribution in [-0.4, -0.2) is 43.8 Å². The molecule has 3 aromatic rings. The number of carbonyl (C=O) groups excluding carboxylic acids is 2. The van der Waals surface area contributed by atoms with Gasteiger partial charge in [0.25, 0.3) is 0 Å². The third-order valence-electron chi connectivity index (χ3n) is 4.93. The molecule has 0 amide bonds. The third-order valence-corrected chi connectivity index (χ3v) is 4.93. The van der Waals surface area contributed by atoms with Crippen LogP contribution in [0.2, 0.25) is 0 Å². The number of aromatic amines is 1. The molecular weight excluding hydrogens is 332 g/mol. The third kappa shape index (κ3) is 3.66. The summed E-state index contributed by atoms with van der Waals surface area (Å²) in [5.74, 6) is 2.21. The molecule has 1 aliphatic carbocycles. The molecule has 0 saturated heterocycles. The molecule has 26 heavy (non-hydrogen) atoms. The highest BCUT2D eigenvalue weighted by Crippen LogP contribution is 2.41. The standard InChI is InChI=1S/C15H20N6.C2H6.CO2.2H2/c1-3-9-6-10(16-2)7-11(9)15-20-19-13-8-18-14-12(21(13)15)4-5-17-14;1-2;2-1-3;;/h4-5,8-11,16-17H,3,6-7H2,1-2H3;1-2H3;;2*1H/t9-,10+,11+;;;;/m1..../s1. The zero-order valence-electron chi connectivity index (χ0n) is 15.7. The average Bonchev–Trinajstić information content (AvgIpc) is 3.39. The first-order valence-electron chi connectivity index (χ1n) is 9.07. The zero-order chi connectivity index (χ0) is 19.1. The van der Waals surface area contributed by atoms with E-state index in [2.05, 4.69) is 43.9 Å². The van der Waals surface area contributed by atoms with Gasteiger partial charge in [-0.15, -0.1) is 10.2 Å². The minimum atomic E-state index is 0. The summed E-state index contributed by atoms with van der Waals surface area (Å²) in [5, 5.41) is 12.3. The minimum Gasteiger partial charge on any atom is -0.345 e. The maximum absolute atomic E-state index is 8.12. The number of aromatic nitrogens is 5. The van der Waals surface area contributed by atoms with Crippen LogP contribution in [0, 0.1) is 5.92 Å². The van der Waals surface area contributed by atoms with Crippen LogP contribution < -0.4 is 5.32 Å². The number of hydrogen-bond donors (Lipinski definition) is 2. The quantitative estimate of drug-likeness (QED) is 0.742. The summed E-state index contributed by atoms with van der Waals surface area (Å²) in [6.45, 7) is 6.27. The van der Waals surface area contributed by atoms with Crippen LogP contribution in [0.4, 0.5) is 0 Å². The van der Waals surface area contributed by atoms with E-state index in [1.165, 1.54) is 12.8 Å². The van der Waals surface area contributed by atoms with E-state index in [4.69, 9.17) is 9.59 Å². The van der Waals surface area contributed by atoms with Crippen molar-refractivity contribution in [3.63, 3.8) is 0 Å². The summed E-state index contributed by atoms with van der Waals surface area (Å²) in [4.78, 5) is 23.8. The van der Waals surface area contributed by atoms with Crippen LogP contribution in [0.25, 0.3) is 16.8 Å². The van der Waals surface area contributed by atoms with Gasteiger partial charge >= 0.3 is 6.15 Å². The highest BCUT2D eigenvalue weighted by molar-refractivity contribution is 5.74. The Kier molecular flexibility index (Phi) is 7.00. The summed E-state index contributed by atoms with van der Waals surface area (Å²) >= 11 is 0. The Hall–Kier alpha value is -2.57. The predicted octanol–water partition coefficient (Wildman–Crippen LogP) is 3.03. The van der Waals surface area contributed by atoms with Crippen molar-refractivity contribution in [3.8, 4) is 0 Å². The lowest BCUT2D eigenvalue weighted by Gasteiger charge is -2.16. The van der Waals surface area contributed by atoms with E-state index in [9.17, 15) is 0 Å². The monoisotopic (exact) mass is 362 g/mol. The van der Waals surface area contributed by atoms with Crippen LogP contribution in [0.3, 0.4) is 0 Å². The Morgan fingerprint density at radius 3 is 2.73 bits per heavy atom. The van der Waals surface area contributed by atoms with Gasteiger partial charge in [0.05, 0.1) is 11.7 Å². The highest BCUT2D eigenvalue weighted by Gasteiger charge is 2.36. The van der Waals surface area contributed by atoms with E-state index in [0.717, 1.165) is 29.1 Å². The molecule has 1 saturated carbocycles. The van der Waals surface area contributed by atoms with Crippen molar-refractivity contribution in [1.82, 2.24) is 29.9 Å². The van der Waals surface area contributed by atoms with Crippen LogP contribution in [0.15, 0.2) is 18.5 Å². The van der Waals surface area contributed by atoms with Crippen molar-refractivity contribution >= 4 is 23.0 Å². The second kappa shape index (κ2) is 9.22. The molecule has 0 unspecified atom stereocenters. The molecule has 0 spiro atoms. The van der Waals surface area contributed by atoms with E-state index >= 15 is 0 Å². The van der Waals surface area contributed by atoms with Crippen LogP contribution >= 0.6 is 0 Å². The van der Waals surface area contributed by atoms with Crippen LogP contribution in [0.5, 0.6) is 0 Å². The molecule has 0 aliphatic heterocycles. The maximum atomic E-state index is 8.12. The summed E-state index contributed by atoms with van der Waals surface area (Å²) in [6.07, 6.45) is 7.49. The van der Waals surface area contributed by atoms with E-state index in [1.807, 2.05) is 26.1 Å². The summed E-state index contributed by atoms with van der Waals surface area (Å²) < 4.78 is 2.17. The van der Waals surface area contributed by atoms with E-state index < -0.39 is 0 Å². The van der Waals surface area contributed by atoms with Gasteiger partial charge in [0.1, 0.15) is 5.82 Å². The molecule has 0 radical (unpaired) electrons. The number of nitrogens with zero attached hydrogens (tertiary/aromatic N) is 4. The molecule has 2 N–H and O–H groups in total. The van der Waals surface area contributed by atoms with Gasteiger partial charge in [-0.25, -0.2) is 4.98 Å². The van der Waals surface area contributed by atoms with Crippen molar-refractivity contribution in [3.05, 3.63) is 24.3 Å². The zero-order valence-corrected chi connectivity index (χ0v) is 15.7. The van der Waals surface area contributed by atoms with Crippen LogP contribution in [0.1, 0.15) is 54.6 Å². The van der Waals surface area contributed by atoms with Crippen LogP contribution in [-0.2, 0) is 9.59 Å². The largest absolute Gasteiger partial charge is 0.373 e. The lowest BCUT2D eigenvalue weighted by Crippen LogP contribution is -2.21. The second-order valence-corrected chi connectivity index (χ2v) is 6.04. The van der Waals surface area contributed by atoms with Gasteiger partial charge in [0.2, 0.25) is 0 Å². The van der Waals surface area contributed by atoms with Gasteiger partial charge in [-0.05, 0) is 31.9 Å². The molecule has 8 heteroatoms. The number of nitrogens with one attached hydrogen (secondary N) is 2. The number of H-pyrrole nitrogens is 1. The smallest absolute Gasteiger partial charge is 0.345 e. The minimum absolute atomic E-state index is 0. The highest BCUT2D eigenvalue weighted by atomic mass is 16.2. The Balaban J connectivity index is 0.000000958. The van der Waals surface area contributed by atoms with Gasteiger partial charge in [-0.3, -0.25) is 4.40 Å². The Labute approximate surface area is 155 Å². The van der Waals surface area contributed by atoms with E-state index in [-0.39, 0.29) is 9.00 Å². The summed E-state index contributed by atoms with van der Waals surface area (Å²) in [7, 11) is 2.05. The lowest BCUT2D eigenvalue weighted by atomic mass is 9.93. The van der Waals surface area contributed by atoms with Crippen molar-refractivity contribution in [2.75, 3.05) is 7.05 Å². The molecule has 4 rings (SSSR count). The normalized spacial score (nSPS) is 21.6. The van der Waals surface area contributed by atoms with Crippen molar-refractivity contribution in [2.45, 2.75) is 52.0 Å². The van der Waals surface area contributed by atoms with Gasteiger partial charge in [0.15, 0.2) is 11.3 Å². The fourth-order valence-electron chi connectivity index (χ4n) is 3.77. The first-order chi connectivity index (χ1) is 12.7. The SMILES string of the molecule is CC.CC[C@@H]1C[C@H](NC)C[C@@H]1c1nnc2cnc3[nH]ccc3n12.O=C=O.[HH].[HH]. The van der Waals surface area contributed by atoms with Gasteiger partial charge in [0, 0.05) is 21.0 Å². The van der Waals surface area contributed by atoms with Gasteiger partial charge in [-0.2, -0.15) is 9.59 Å². The molecule has 8 nitrogen and oxygen atoms in total. The lowest BCUT2D eigenvalue weighted by molar-refractivity contribution is -0.191. The Morgan fingerprint density at radius 1 is 1.35 bits per heavy atom. The first-order valence-corrected chi connectivity index (χ1v) is 9.07. The van der Waals surface area contributed by atoms with Gasteiger partial charge < -0.3 is 10.3 Å². The molecule has 3 heterocycles. The fraction of sp³-hybridized carbons (Fsp3) is 0.556. The molecule has 144 valence electrons. The van der Waals surface area contributed by atoms with Crippen molar-refractivity contribution < 1.29 is 12.4 Å². The molecule has 3 atom stereocenters. The maximum Gasteiger partial charge on any atom is 0.373 e. The van der Waals surface area contributed by atoms with Crippen molar-refractivity contribution in [2.24, 2.45) is 5.92 Å². The molecule has 3 aromatic heterocycles. The Bertz CT molecular complexity index is 875. The van der Waals surface area contributed by atoms with Crippen molar-refractivity contribution in [1.29, 1.82) is 0 Å². The van der Waals surface area contributed by atoms with E-state index in [1.54, 1.807) is 6.20 Å². The Morgan fingerprint density at radius 2 is 2.08 bits per heavy atom. The summed E-state index contributed by atoms with van der Waals surface area (Å²) in [6, 6.07) is 2.63. The average molecular weight is 362 g/mol.